The van der Waals surface area contributed by atoms with Gasteiger partial charge in [0.15, 0.2) is 0 Å². The van der Waals surface area contributed by atoms with Crippen molar-refractivity contribution in [2.75, 3.05) is 24.7 Å². The minimum atomic E-state index is -3.78. The molecule has 0 radical (unpaired) electrons. The van der Waals surface area contributed by atoms with Gasteiger partial charge in [-0.25, -0.2) is 18.1 Å². The molecule has 13 heteroatoms. The Morgan fingerprint density at radius 2 is 1.86 bits per heavy atom. The van der Waals surface area contributed by atoms with E-state index in [2.05, 4.69) is 24.8 Å². The summed E-state index contributed by atoms with van der Waals surface area (Å²) < 4.78 is 38.9. The number of H-pyrrole nitrogens is 1. The molecule has 3 aromatic rings. The number of rotatable bonds is 9. The van der Waals surface area contributed by atoms with Crippen LogP contribution in [0.4, 0.5) is 5.69 Å². The second-order valence-corrected chi connectivity index (χ2v) is 14.8. The summed E-state index contributed by atoms with van der Waals surface area (Å²) in [4.78, 5) is 19.2. The largest absolute Gasteiger partial charge is 0.381 e. The minimum absolute atomic E-state index is 0.0744. The lowest BCUT2D eigenvalue weighted by atomic mass is 10.1. The molecule has 0 unspecified atom stereocenters. The number of amides is 1. The lowest BCUT2D eigenvalue weighted by Gasteiger charge is -2.33. The summed E-state index contributed by atoms with van der Waals surface area (Å²) in [7, 11) is -3.78. The maximum Gasteiger partial charge on any atom is 0.283 e. The molecule has 2 N–H and O–H groups in total. The topological polar surface area (TPSA) is 127 Å². The Hall–Kier alpha value is -2.70. The predicted molar refractivity (Wildman–Crippen MR) is 163 cm³/mol. The highest BCUT2D eigenvalue weighted by Gasteiger charge is 2.45. The molecule has 2 saturated carbocycles. The number of fused-ring (bicyclic) bond motifs is 2. The summed E-state index contributed by atoms with van der Waals surface area (Å²) in [5, 5.41) is 8.12. The summed E-state index contributed by atoms with van der Waals surface area (Å²) in [5.41, 5.74) is 4.49. The lowest BCUT2D eigenvalue weighted by molar-refractivity contribution is 0.0111. The average molecular weight is 647 g/mol. The maximum absolute atomic E-state index is 12.6. The van der Waals surface area contributed by atoms with E-state index in [-0.39, 0.29) is 11.8 Å². The summed E-state index contributed by atoms with van der Waals surface area (Å²) in [6.07, 6.45) is 6.80. The fraction of sp³-hybridized carbons (Fsp3) is 0.500. The van der Waals surface area contributed by atoms with Gasteiger partial charge in [-0.05, 0) is 80.3 Å². The zero-order valence-electron chi connectivity index (χ0n) is 23.5. The van der Waals surface area contributed by atoms with Gasteiger partial charge in [-0.3, -0.25) is 9.89 Å². The summed E-state index contributed by atoms with van der Waals surface area (Å²) in [5.74, 6) is 0.232. The van der Waals surface area contributed by atoms with Gasteiger partial charge in [0.2, 0.25) is 10.0 Å². The first-order valence-corrected chi connectivity index (χ1v) is 17.1. The fourth-order valence-electron chi connectivity index (χ4n) is 6.62. The standard InChI is InChI=1S/C30H33Cl2N5O5S/c31-24-10-18(17-1-2-17)11-25(32)29(24)27-12-20(34-35-27)16-42-28-13-22-9-19(28)15-37(22)21-3-4-26(33-14-21)30(38)36-43(39,40)23-5-7-41-8-6-23/h3-4,10-12,14,17,19,22-23,28H,1-2,5-9,13,15-16H2,(H,34,35)(H,36,38)/t19-,22-,28+/m0/s1. The molecule has 43 heavy (non-hydrogen) atoms. The first-order valence-electron chi connectivity index (χ1n) is 14.8. The highest BCUT2D eigenvalue weighted by atomic mass is 35.5. The molecule has 4 heterocycles. The zero-order valence-corrected chi connectivity index (χ0v) is 25.8. The molecule has 3 atom stereocenters. The fourth-order valence-corrected chi connectivity index (χ4v) is 8.66. The Bertz CT molecular complexity index is 1600. The molecular weight excluding hydrogens is 613 g/mol. The second kappa shape index (κ2) is 11.7. The van der Waals surface area contributed by atoms with Gasteiger partial charge in [-0.15, -0.1) is 0 Å². The third kappa shape index (κ3) is 6.02. The Morgan fingerprint density at radius 3 is 2.51 bits per heavy atom. The van der Waals surface area contributed by atoms with Gasteiger partial charge in [-0.2, -0.15) is 5.10 Å². The van der Waals surface area contributed by atoms with E-state index in [9.17, 15) is 13.2 Å². The van der Waals surface area contributed by atoms with E-state index in [0.717, 1.165) is 36.3 Å². The number of benzene rings is 1. The van der Waals surface area contributed by atoms with Gasteiger partial charge in [0, 0.05) is 37.3 Å². The number of anilines is 1. The van der Waals surface area contributed by atoms with Crippen LogP contribution in [-0.2, 0) is 26.1 Å². The van der Waals surface area contributed by atoms with Crippen molar-refractivity contribution < 1.29 is 22.7 Å². The van der Waals surface area contributed by atoms with Crippen LogP contribution >= 0.6 is 23.2 Å². The first-order chi connectivity index (χ1) is 20.7. The molecule has 1 amide bonds. The van der Waals surface area contributed by atoms with E-state index in [0.29, 0.717) is 66.3 Å². The van der Waals surface area contributed by atoms with E-state index in [4.69, 9.17) is 32.7 Å². The Morgan fingerprint density at radius 1 is 1.09 bits per heavy atom. The number of sulfonamides is 1. The molecule has 1 aromatic carbocycles. The number of aromatic nitrogens is 3. The van der Waals surface area contributed by atoms with Crippen molar-refractivity contribution >= 4 is 44.8 Å². The molecular formula is C30H33Cl2N5O5S. The average Bonchev–Trinajstić information content (AvgIpc) is 3.42. The second-order valence-electron chi connectivity index (χ2n) is 12.0. The molecule has 7 rings (SSSR count). The number of halogens is 2. The van der Waals surface area contributed by atoms with E-state index < -0.39 is 21.2 Å². The van der Waals surface area contributed by atoms with E-state index in [1.54, 1.807) is 12.3 Å². The Labute approximate surface area is 260 Å². The SMILES string of the molecule is O=C(NS(=O)(=O)C1CCOCC1)c1ccc(N2C[C@@H]3C[C@H]2C[C@H]3OCc2cc(-c3c(Cl)cc(C4CC4)cc3Cl)n[nH]2)cn1. The van der Waals surface area contributed by atoms with Crippen LogP contribution in [-0.4, -0.2) is 66.7 Å². The maximum atomic E-state index is 12.6. The van der Waals surface area contributed by atoms with Gasteiger partial charge < -0.3 is 14.4 Å². The van der Waals surface area contributed by atoms with Crippen molar-refractivity contribution in [1.29, 1.82) is 0 Å². The number of piperidine rings is 1. The third-order valence-electron chi connectivity index (χ3n) is 9.08. The number of carbonyl (C=O) groups is 1. The summed E-state index contributed by atoms with van der Waals surface area (Å²) >= 11 is 13.2. The predicted octanol–water partition coefficient (Wildman–Crippen LogP) is 5.08. The zero-order chi connectivity index (χ0) is 29.7. The first kappa shape index (κ1) is 29.0. The number of nitrogens with zero attached hydrogens (tertiary/aromatic N) is 3. The van der Waals surface area contributed by atoms with Gasteiger partial charge in [0.1, 0.15) is 5.69 Å². The number of pyridine rings is 1. The third-order valence-corrected chi connectivity index (χ3v) is 11.5. The van der Waals surface area contributed by atoms with Crippen LogP contribution in [0.25, 0.3) is 11.3 Å². The van der Waals surface area contributed by atoms with Crippen molar-refractivity contribution in [2.24, 2.45) is 5.92 Å². The molecule has 2 bridgehead atoms. The number of hydrogen-bond donors (Lipinski definition) is 2. The van der Waals surface area contributed by atoms with Crippen molar-refractivity contribution in [3.63, 3.8) is 0 Å². The van der Waals surface area contributed by atoms with Crippen LogP contribution in [0.2, 0.25) is 10.0 Å². The van der Waals surface area contributed by atoms with Crippen molar-refractivity contribution in [1.82, 2.24) is 19.9 Å². The number of carbonyl (C=O) groups excluding carboxylic acids is 1. The number of hydrogen-bond acceptors (Lipinski definition) is 8. The van der Waals surface area contributed by atoms with Crippen LogP contribution in [0.5, 0.6) is 0 Å². The van der Waals surface area contributed by atoms with Crippen LogP contribution < -0.4 is 9.62 Å². The smallest absolute Gasteiger partial charge is 0.283 e. The molecule has 2 aliphatic heterocycles. The molecule has 2 saturated heterocycles. The van der Waals surface area contributed by atoms with Crippen molar-refractivity contribution in [2.45, 2.75) is 68.4 Å². The number of nitrogens with one attached hydrogen (secondary N) is 2. The molecule has 228 valence electrons. The van der Waals surface area contributed by atoms with Crippen molar-refractivity contribution in [3.05, 3.63) is 63.5 Å². The van der Waals surface area contributed by atoms with Crippen LogP contribution in [0, 0.1) is 5.92 Å². The lowest BCUT2D eigenvalue weighted by Crippen LogP contribution is -2.41. The highest BCUT2D eigenvalue weighted by molar-refractivity contribution is 7.90. The Balaban J connectivity index is 0.925. The van der Waals surface area contributed by atoms with Gasteiger partial charge in [-0.1, -0.05) is 23.2 Å². The Kier molecular flexibility index (Phi) is 7.88. The van der Waals surface area contributed by atoms with E-state index in [1.807, 2.05) is 24.3 Å². The van der Waals surface area contributed by atoms with E-state index in [1.165, 1.54) is 18.4 Å². The number of aromatic amines is 1. The molecule has 2 aromatic heterocycles. The monoisotopic (exact) mass is 645 g/mol. The van der Waals surface area contributed by atoms with Crippen molar-refractivity contribution in [3.8, 4) is 11.3 Å². The van der Waals surface area contributed by atoms with Crippen LogP contribution in [0.15, 0.2) is 36.5 Å². The molecule has 2 aliphatic carbocycles. The van der Waals surface area contributed by atoms with Gasteiger partial charge >= 0.3 is 0 Å². The normalized spacial score (nSPS) is 24.0. The summed E-state index contributed by atoms with van der Waals surface area (Å²) in [6.45, 7) is 1.99. The van der Waals surface area contributed by atoms with E-state index >= 15 is 0 Å². The summed E-state index contributed by atoms with van der Waals surface area (Å²) in [6, 6.07) is 9.68. The molecule has 4 aliphatic rings. The van der Waals surface area contributed by atoms with Gasteiger partial charge in [0.25, 0.3) is 5.91 Å². The number of ether oxygens (including phenoxy) is 2. The highest BCUT2D eigenvalue weighted by Crippen LogP contribution is 2.45. The molecule has 10 nitrogen and oxygen atoms in total. The van der Waals surface area contributed by atoms with Gasteiger partial charge in [0.05, 0.1) is 51.3 Å². The molecule has 0 spiro atoms. The minimum Gasteiger partial charge on any atom is -0.381 e. The van der Waals surface area contributed by atoms with Crippen LogP contribution in [0.1, 0.15) is 66.2 Å². The molecule has 4 fully saturated rings. The van der Waals surface area contributed by atoms with Crippen LogP contribution in [0.3, 0.4) is 0 Å². The quantitative estimate of drug-likeness (QED) is 0.330.